The second kappa shape index (κ2) is 7.92. The molecule has 1 saturated heterocycles. The number of carbonyl (C=O) groups is 1. The Labute approximate surface area is 178 Å². The molecule has 1 unspecified atom stereocenters. The van der Waals surface area contributed by atoms with Crippen molar-refractivity contribution in [2.75, 3.05) is 13.2 Å². The number of H-pyrrole nitrogens is 1. The summed E-state index contributed by atoms with van der Waals surface area (Å²) in [6.07, 6.45) is 4.54. The average molecular weight is 403 g/mol. The number of aromatic amines is 1. The zero-order valence-corrected chi connectivity index (χ0v) is 17.7. The van der Waals surface area contributed by atoms with Crippen molar-refractivity contribution in [3.8, 4) is 0 Å². The summed E-state index contributed by atoms with van der Waals surface area (Å²) in [5.74, 6) is 0.304. The highest BCUT2D eigenvalue weighted by molar-refractivity contribution is 5.86. The Bertz CT molecular complexity index is 1040. The number of aromatic nitrogens is 1. The Morgan fingerprint density at radius 2 is 1.90 bits per heavy atom. The molecule has 5 rings (SSSR count). The molecule has 1 aromatic heterocycles. The molecule has 0 saturated carbocycles. The zero-order chi connectivity index (χ0) is 20.6. The molecule has 3 heterocycles. The molecule has 1 N–H and O–H groups in total. The number of carbonyl (C=O) groups excluding carboxylic acids is 1. The number of para-hydroxylation sites is 1. The molecular weight excluding hydrogens is 372 g/mol. The van der Waals surface area contributed by atoms with E-state index in [1.807, 2.05) is 6.07 Å². The fourth-order valence-corrected chi connectivity index (χ4v) is 5.63. The number of hydrogen-bond acceptors (Lipinski definition) is 2. The third-order valence-corrected chi connectivity index (χ3v) is 7.33. The molecule has 0 aliphatic carbocycles. The third kappa shape index (κ3) is 3.24. The Kier molecular flexibility index (Phi) is 5.11. The molecule has 2 aliphatic rings. The summed E-state index contributed by atoms with van der Waals surface area (Å²) >= 11 is 0. The topological polar surface area (TPSA) is 45.3 Å². The van der Waals surface area contributed by atoms with E-state index < -0.39 is 0 Å². The highest BCUT2D eigenvalue weighted by Crippen LogP contribution is 2.53. The Balaban J connectivity index is 1.43. The summed E-state index contributed by atoms with van der Waals surface area (Å²) in [6, 6.07) is 19.0. The van der Waals surface area contributed by atoms with Crippen LogP contribution in [0.1, 0.15) is 55.5 Å². The van der Waals surface area contributed by atoms with Crippen LogP contribution in [0.2, 0.25) is 0 Å². The number of piperidine rings is 1. The molecule has 2 aliphatic heterocycles. The molecule has 0 spiro atoms. The van der Waals surface area contributed by atoms with Crippen LogP contribution >= 0.6 is 0 Å². The lowest BCUT2D eigenvalue weighted by Gasteiger charge is -2.51. The smallest absolute Gasteiger partial charge is 0.223 e. The molecule has 1 amide bonds. The van der Waals surface area contributed by atoms with Gasteiger partial charge in [-0.05, 0) is 48.3 Å². The van der Waals surface area contributed by atoms with Crippen LogP contribution < -0.4 is 0 Å². The van der Waals surface area contributed by atoms with E-state index in [4.69, 9.17) is 4.74 Å². The summed E-state index contributed by atoms with van der Waals surface area (Å²) in [4.78, 5) is 18.7. The number of nitrogens with zero attached hydrogens (tertiary/aromatic N) is 1. The molecule has 4 nitrogen and oxygen atoms in total. The minimum absolute atomic E-state index is 0.0562. The fraction of sp³-hybridized carbons (Fsp3) is 0.423. The van der Waals surface area contributed by atoms with Gasteiger partial charge in [-0.25, -0.2) is 0 Å². The number of fused-ring (bicyclic) bond motifs is 5. The van der Waals surface area contributed by atoms with Crippen LogP contribution in [0.4, 0.5) is 0 Å². The summed E-state index contributed by atoms with van der Waals surface area (Å²) in [5.41, 5.74) is 5.12. The molecule has 0 radical (unpaired) electrons. The number of hydrogen-bond donors (Lipinski definition) is 1. The van der Waals surface area contributed by atoms with Gasteiger partial charge in [0.2, 0.25) is 5.91 Å². The number of amides is 1. The van der Waals surface area contributed by atoms with Crippen molar-refractivity contribution in [1.82, 2.24) is 9.88 Å². The van der Waals surface area contributed by atoms with Crippen molar-refractivity contribution in [3.63, 3.8) is 0 Å². The van der Waals surface area contributed by atoms with E-state index in [1.165, 1.54) is 27.7 Å². The first-order valence-electron chi connectivity index (χ1n) is 11.2. The molecule has 30 heavy (non-hydrogen) atoms. The first kappa shape index (κ1) is 19.4. The maximum atomic E-state index is 12.9. The van der Waals surface area contributed by atoms with Crippen LogP contribution in [0.25, 0.3) is 10.9 Å². The molecule has 2 aromatic carbocycles. The largest absolute Gasteiger partial charge is 0.377 e. The predicted molar refractivity (Wildman–Crippen MR) is 119 cm³/mol. The van der Waals surface area contributed by atoms with Gasteiger partial charge in [0.25, 0.3) is 0 Å². The summed E-state index contributed by atoms with van der Waals surface area (Å²) in [6.45, 7) is 4.47. The first-order chi connectivity index (χ1) is 14.7. The summed E-state index contributed by atoms with van der Waals surface area (Å²) < 4.78 is 6.09. The second-order valence-electron chi connectivity index (χ2n) is 8.81. The van der Waals surface area contributed by atoms with Gasteiger partial charge in [0.15, 0.2) is 0 Å². The van der Waals surface area contributed by atoms with E-state index in [1.54, 1.807) is 0 Å². The van der Waals surface area contributed by atoms with Gasteiger partial charge in [-0.2, -0.15) is 0 Å². The van der Waals surface area contributed by atoms with Crippen molar-refractivity contribution in [2.45, 2.75) is 51.7 Å². The predicted octanol–water partition coefficient (Wildman–Crippen LogP) is 5.39. The van der Waals surface area contributed by atoms with E-state index in [-0.39, 0.29) is 11.5 Å². The van der Waals surface area contributed by atoms with Crippen LogP contribution in [-0.2, 0) is 22.6 Å². The zero-order valence-electron chi connectivity index (χ0n) is 17.7. The summed E-state index contributed by atoms with van der Waals surface area (Å²) in [7, 11) is 0. The Morgan fingerprint density at radius 1 is 1.10 bits per heavy atom. The van der Waals surface area contributed by atoms with Crippen LogP contribution in [-0.4, -0.2) is 28.9 Å². The molecule has 156 valence electrons. The lowest BCUT2D eigenvalue weighted by atomic mass is 9.66. The normalized spacial score (nSPS) is 23.4. The maximum absolute atomic E-state index is 12.9. The van der Waals surface area contributed by atoms with Gasteiger partial charge in [-0.3, -0.25) is 4.79 Å². The van der Waals surface area contributed by atoms with E-state index in [0.29, 0.717) is 18.9 Å². The van der Waals surface area contributed by atoms with Gasteiger partial charge >= 0.3 is 0 Å². The Morgan fingerprint density at radius 3 is 2.73 bits per heavy atom. The van der Waals surface area contributed by atoms with Gasteiger partial charge in [-0.1, -0.05) is 55.5 Å². The van der Waals surface area contributed by atoms with Gasteiger partial charge in [-0.15, -0.1) is 0 Å². The van der Waals surface area contributed by atoms with Crippen LogP contribution in [0.5, 0.6) is 0 Å². The van der Waals surface area contributed by atoms with E-state index in [2.05, 4.69) is 65.3 Å². The standard InChI is InChI=1S/C26H30N2O2/c1-2-26(15-17-30-18-19-8-4-3-5-9-19)14-12-23(29)28-16-13-21-20-10-6-7-11-22(20)27-24(21)25(26)28/h3-11,25,27H,2,12-18H2,1H3/t25?,26-/m0/s1. The number of benzene rings is 2. The van der Waals surface area contributed by atoms with Crippen molar-refractivity contribution in [2.24, 2.45) is 5.41 Å². The fourth-order valence-electron chi connectivity index (χ4n) is 5.63. The van der Waals surface area contributed by atoms with E-state index >= 15 is 0 Å². The van der Waals surface area contributed by atoms with Gasteiger partial charge in [0.1, 0.15) is 0 Å². The third-order valence-electron chi connectivity index (χ3n) is 7.33. The second-order valence-corrected chi connectivity index (χ2v) is 8.81. The lowest BCUT2D eigenvalue weighted by Crippen LogP contribution is -2.52. The number of nitrogens with one attached hydrogen (secondary N) is 1. The minimum atomic E-state index is 0.0562. The van der Waals surface area contributed by atoms with Crippen molar-refractivity contribution in [3.05, 3.63) is 71.4 Å². The quantitative estimate of drug-likeness (QED) is 0.562. The molecule has 1 fully saturated rings. The molecule has 4 heteroatoms. The lowest BCUT2D eigenvalue weighted by molar-refractivity contribution is -0.146. The van der Waals surface area contributed by atoms with E-state index in [9.17, 15) is 4.79 Å². The monoisotopic (exact) mass is 402 g/mol. The average Bonchev–Trinajstić information content (AvgIpc) is 3.18. The van der Waals surface area contributed by atoms with E-state index in [0.717, 1.165) is 38.8 Å². The maximum Gasteiger partial charge on any atom is 0.223 e. The molecule has 3 aromatic rings. The van der Waals surface area contributed by atoms with Crippen molar-refractivity contribution < 1.29 is 9.53 Å². The highest BCUT2D eigenvalue weighted by atomic mass is 16.5. The van der Waals surface area contributed by atoms with Crippen LogP contribution in [0.15, 0.2) is 54.6 Å². The van der Waals surface area contributed by atoms with Crippen LogP contribution in [0.3, 0.4) is 0 Å². The highest BCUT2D eigenvalue weighted by Gasteiger charge is 2.49. The molecule has 2 atom stereocenters. The number of ether oxygens (including phenoxy) is 1. The van der Waals surface area contributed by atoms with Crippen molar-refractivity contribution >= 4 is 16.8 Å². The van der Waals surface area contributed by atoms with Crippen LogP contribution in [0, 0.1) is 5.41 Å². The molecule has 0 bridgehead atoms. The van der Waals surface area contributed by atoms with Gasteiger partial charge < -0.3 is 14.6 Å². The van der Waals surface area contributed by atoms with Gasteiger partial charge in [0.05, 0.1) is 12.6 Å². The van der Waals surface area contributed by atoms with Gasteiger partial charge in [0, 0.05) is 36.2 Å². The Hall–Kier alpha value is -2.59. The summed E-state index contributed by atoms with van der Waals surface area (Å²) in [5, 5.41) is 1.32. The van der Waals surface area contributed by atoms with Crippen molar-refractivity contribution in [1.29, 1.82) is 0 Å². The molecular formula is C26H30N2O2. The number of rotatable bonds is 6. The minimum Gasteiger partial charge on any atom is -0.377 e. The first-order valence-corrected chi connectivity index (χ1v) is 11.2. The SMILES string of the molecule is CC[C@@]1(CCOCc2ccccc2)CCC(=O)N2CCc3c([nH]c4ccccc34)C21.